The Hall–Kier alpha value is -2.61. The quantitative estimate of drug-likeness (QED) is 0.709. The number of hydrogen-bond acceptors (Lipinski definition) is 5. The van der Waals surface area contributed by atoms with Crippen molar-refractivity contribution in [2.75, 3.05) is 11.5 Å². The lowest BCUT2D eigenvalue weighted by atomic mass is 9.96. The topological polar surface area (TPSA) is 97.1 Å². The van der Waals surface area contributed by atoms with Gasteiger partial charge in [-0.3, -0.25) is 9.59 Å². The van der Waals surface area contributed by atoms with Crippen molar-refractivity contribution in [2.24, 2.45) is 0 Å². The lowest BCUT2D eigenvalue weighted by Crippen LogP contribution is -2.34. The standard InChI is InChI=1S/C19H22N4O3S/c1-12-19(13(2)23(22-12)16-5-3-4-8-20-16)14-6-7-15(9-14)21-17(24)10-27-11-18(25)26/h3-8,14-15H,9-11H2,1-2H3,(H,21,24)(H,25,26)/t14-,15-/m1/s1. The van der Waals surface area contributed by atoms with Crippen molar-refractivity contribution >= 4 is 23.6 Å². The van der Waals surface area contributed by atoms with Crippen molar-refractivity contribution in [3.8, 4) is 5.82 Å². The van der Waals surface area contributed by atoms with E-state index >= 15 is 0 Å². The van der Waals surface area contributed by atoms with Gasteiger partial charge in [-0.2, -0.15) is 5.10 Å². The van der Waals surface area contributed by atoms with Gasteiger partial charge in [-0.15, -0.1) is 11.8 Å². The van der Waals surface area contributed by atoms with E-state index < -0.39 is 5.97 Å². The molecule has 0 spiro atoms. The number of carboxylic acids is 1. The maximum atomic E-state index is 12.0. The number of carbonyl (C=O) groups is 2. The minimum absolute atomic E-state index is 0.0510. The van der Waals surface area contributed by atoms with E-state index in [0.717, 1.165) is 41.0 Å². The highest BCUT2D eigenvalue weighted by Crippen LogP contribution is 2.33. The predicted molar refractivity (Wildman–Crippen MR) is 104 cm³/mol. The molecule has 0 bridgehead atoms. The number of aromatic nitrogens is 3. The second kappa shape index (κ2) is 8.39. The fourth-order valence-corrected chi connectivity index (χ4v) is 3.94. The molecule has 1 aliphatic rings. The molecule has 142 valence electrons. The normalized spacial score (nSPS) is 18.6. The van der Waals surface area contributed by atoms with Gasteiger partial charge in [0.25, 0.3) is 0 Å². The third-order valence-electron chi connectivity index (χ3n) is 4.47. The number of nitrogens with one attached hydrogen (secondary N) is 1. The number of hydrogen-bond donors (Lipinski definition) is 2. The molecule has 0 saturated heterocycles. The van der Waals surface area contributed by atoms with Gasteiger partial charge in [0.1, 0.15) is 0 Å². The number of pyridine rings is 1. The van der Waals surface area contributed by atoms with Gasteiger partial charge in [-0.05, 0) is 32.4 Å². The average molecular weight is 386 g/mol. The molecule has 1 amide bonds. The van der Waals surface area contributed by atoms with Crippen LogP contribution in [0.1, 0.15) is 29.3 Å². The Morgan fingerprint density at radius 1 is 1.30 bits per heavy atom. The van der Waals surface area contributed by atoms with Crippen LogP contribution < -0.4 is 5.32 Å². The summed E-state index contributed by atoms with van der Waals surface area (Å²) in [4.78, 5) is 26.8. The molecule has 8 heteroatoms. The van der Waals surface area contributed by atoms with Gasteiger partial charge in [-0.25, -0.2) is 9.67 Å². The second-order valence-electron chi connectivity index (χ2n) is 6.47. The molecule has 27 heavy (non-hydrogen) atoms. The highest BCUT2D eigenvalue weighted by molar-refractivity contribution is 8.00. The van der Waals surface area contributed by atoms with Crippen molar-refractivity contribution in [3.05, 3.63) is 53.5 Å². The molecule has 0 radical (unpaired) electrons. The van der Waals surface area contributed by atoms with E-state index in [4.69, 9.17) is 5.11 Å². The van der Waals surface area contributed by atoms with Crippen molar-refractivity contribution in [2.45, 2.75) is 32.2 Å². The zero-order valence-electron chi connectivity index (χ0n) is 15.3. The zero-order valence-corrected chi connectivity index (χ0v) is 16.1. The Morgan fingerprint density at radius 3 is 2.81 bits per heavy atom. The molecule has 2 atom stereocenters. The zero-order chi connectivity index (χ0) is 19.4. The third kappa shape index (κ3) is 4.57. The molecule has 7 nitrogen and oxygen atoms in total. The number of aliphatic carboxylic acids is 1. The average Bonchev–Trinajstić information content (AvgIpc) is 3.19. The van der Waals surface area contributed by atoms with Gasteiger partial charge in [0.15, 0.2) is 5.82 Å². The number of allylic oxidation sites excluding steroid dienone is 1. The van der Waals surface area contributed by atoms with Crippen LogP contribution in [-0.2, 0) is 9.59 Å². The third-order valence-corrected chi connectivity index (χ3v) is 5.39. The Morgan fingerprint density at radius 2 is 2.11 bits per heavy atom. The first-order valence-electron chi connectivity index (χ1n) is 8.70. The monoisotopic (exact) mass is 386 g/mol. The molecule has 2 heterocycles. The van der Waals surface area contributed by atoms with E-state index in [-0.39, 0.29) is 29.4 Å². The van der Waals surface area contributed by atoms with Crippen LogP contribution in [0, 0.1) is 13.8 Å². The summed E-state index contributed by atoms with van der Waals surface area (Å²) in [5.41, 5.74) is 3.16. The lowest BCUT2D eigenvalue weighted by Gasteiger charge is -2.14. The van der Waals surface area contributed by atoms with Crippen LogP contribution >= 0.6 is 11.8 Å². The van der Waals surface area contributed by atoms with E-state index in [1.165, 1.54) is 0 Å². The second-order valence-corrected chi connectivity index (χ2v) is 7.46. The summed E-state index contributed by atoms with van der Waals surface area (Å²) >= 11 is 1.10. The molecular weight excluding hydrogens is 364 g/mol. The molecule has 0 aliphatic heterocycles. The summed E-state index contributed by atoms with van der Waals surface area (Å²) in [6.07, 6.45) is 6.62. The molecule has 2 N–H and O–H groups in total. The number of carboxylic acid groups (broad SMARTS) is 1. The Balaban J connectivity index is 1.64. The maximum Gasteiger partial charge on any atom is 0.313 e. The summed E-state index contributed by atoms with van der Waals surface area (Å²) in [6.45, 7) is 4.02. The van der Waals surface area contributed by atoms with E-state index in [1.54, 1.807) is 6.20 Å². The minimum atomic E-state index is -0.913. The molecule has 0 saturated carbocycles. The van der Waals surface area contributed by atoms with Crippen LogP contribution in [0.25, 0.3) is 5.82 Å². The summed E-state index contributed by atoms with van der Waals surface area (Å²) in [6, 6.07) is 5.68. The summed E-state index contributed by atoms with van der Waals surface area (Å²) < 4.78 is 1.85. The smallest absolute Gasteiger partial charge is 0.313 e. The fourth-order valence-electron chi connectivity index (χ4n) is 3.39. The first-order valence-corrected chi connectivity index (χ1v) is 9.86. The molecule has 3 rings (SSSR count). The van der Waals surface area contributed by atoms with Crippen molar-refractivity contribution in [1.82, 2.24) is 20.1 Å². The SMILES string of the molecule is Cc1nn(-c2ccccn2)c(C)c1[C@@H]1C=C[C@@H](NC(=O)CSCC(=O)O)C1. The maximum absolute atomic E-state index is 12.0. The van der Waals surface area contributed by atoms with Crippen LogP contribution in [-0.4, -0.2) is 49.3 Å². The number of thioether (sulfide) groups is 1. The van der Waals surface area contributed by atoms with Crippen molar-refractivity contribution in [1.29, 1.82) is 0 Å². The molecule has 0 aromatic carbocycles. The highest BCUT2D eigenvalue weighted by Gasteiger charge is 2.27. The number of nitrogens with zero attached hydrogens (tertiary/aromatic N) is 3. The summed E-state index contributed by atoms with van der Waals surface area (Å²) in [5, 5.41) is 16.2. The number of carbonyl (C=O) groups excluding carboxylic acids is 1. The van der Waals surface area contributed by atoms with Gasteiger partial charge < -0.3 is 10.4 Å². The highest BCUT2D eigenvalue weighted by atomic mass is 32.2. The molecule has 2 aromatic heterocycles. The molecule has 1 aliphatic carbocycles. The van der Waals surface area contributed by atoms with E-state index in [0.29, 0.717) is 0 Å². The van der Waals surface area contributed by atoms with E-state index in [2.05, 4.69) is 21.5 Å². The number of aryl methyl sites for hydroxylation is 1. The minimum Gasteiger partial charge on any atom is -0.481 e. The first-order chi connectivity index (χ1) is 13.0. The van der Waals surface area contributed by atoms with Gasteiger partial charge in [0, 0.05) is 29.4 Å². The molecule has 0 fully saturated rings. The van der Waals surface area contributed by atoms with E-state index in [9.17, 15) is 9.59 Å². The number of rotatable bonds is 7. The van der Waals surface area contributed by atoms with Crippen LogP contribution in [0.2, 0.25) is 0 Å². The van der Waals surface area contributed by atoms with Crippen LogP contribution in [0.15, 0.2) is 36.5 Å². The van der Waals surface area contributed by atoms with E-state index in [1.807, 2.05) is 42.8 Å². The Labute approximate surface area is 161 Å². The molecule has 0 unspecified atom stereocenters. The van der Waals surface area contributed by atoms with Gasteiger partial charge in [-0.1, -0.05) is 18.2 Å². The van der Waals surface area contributed by atoms with Gasteiger partial charge in [0.05, 0.1) is 17.2 Å². The predicted octanol–water partition coefficient (Wildman–Crippen LogP) is 2.23. The Bertz CT molecular complexity index is 863. The van der Waals surface area contributed by atoms with Crippen LogP contribution in [0.4, 0.5) is 0 Å². The van der Waals surface area contributed by atoms with Crippen molar-refractivity contribution in [3.63, 3.8) is 0 Å². The molecule has 2 aromatic rings. The fraction of sp³-hybridized carbons (Fsp3) is 0.368. The van der Waals surface area contributed by atoms with Crippen LogP contribution in [0.3, 0.4) is 0 Å². The van der Waals surface area contributed by atoms with Crippen LogP contribution in [0.5, 0.6) is 0 Å². The first kappa shape index (κ1) is 19.2. The van der Waals surface area contributed by atoms with Gasteiger partial charge >= 0.3 is 5.97 Å². The summed E-state index contributed by atoms with van der Waals surface area (Å²) in [7, 11) is 0. The van der Waals surface area contributed by atoms with Gasteiger partial charge in [0.2, 0.25) is 5.91 Å². The largest absolute Gasteiger partial charge is 0.481 e. The molecular formula is C19H22N4O3S. The Kier molecular flexibility index (Phi) is 5.95. The number of amides is 1. The lowest BCUT2D eigenvalue weighted by molar-refractivity contribution is -0.133. The van der Waals surface area contributed by atoms with Crippen molar-refractivity contribution < 1.29 is 14.7 Å². The summed E-state index contributed by atoms with van der Waals surface area (Å²) in [5.74, 6) is -0.0109.